The van der Waals surface area contributed by atoms with Crippen LogP contribution >= 0.6 is 0 Å². The summed E-state index contributed by atoms with van der Waals surface area (Å²) in [6.07, 6.45) is 0.671. The van der Waals surface area contributed by atoms with Gasteiger partial charge in [0, 0.05) is 17.3 Å². The second-order valence-corrected chi connectivity index (χ2v) is 9.68. The predicted octanol–water partition coefficient (Wildman–Crippen LogP) is 5.23. The molecule has 8 heteroatoms. The summed E-state index contributed by atoms with van der Waals surface area (Å²) in [6.45, 7) is 6.40. The predicted molar refractivity (Wildman–Crippen MR) is 142 cm³/mol. The van der Waals surface area contributed by atoms with Crippen LogP contribution in [-0.4, -0.2) is 28.2 Å². The molecular formula is C29H30N4O4. The molecule has 2 heterocycles. The number of carbonyl (C=O) groups is 2. The minimum Gasteiger partial charge on any atom is -0.454 e. The number of hydrogen-bond acceptors (Lipinski definition) is 5. The number of ether oxygens (including phenoxy) is 2. The average molecular weight is 499 g/mol. The van der Waals surface area contributed by atoms with Crippen LogP contribution in [-0.2, 0) is 11.3 Å². The molecule has 0 fully saturated rings. The van der Waals surface area contributed by atoms with Crippen molar-refractivity contribution in [2.45, 2.75) is 39.8 Å². The summed E-state index contributed by atoms with van der Waals surface area (Å²) in [6, 6.07) is 20.1. The Morgan fingerprint density at radius 3 is 2.54 bits per heavy atom. The van der Waals surface area contributed by atoms with Gasteiger partial charge in [-0.2, -0.15) is 0 Å². The lowest BCUT2D eigenvalue weighted by Crippen LogP contribution is -2.32. The number of aryl methyl sites for hydroxylation is 1. The van der Waals surface area contributed by atoms with Gasteiger partial charge in [-0.05, 0) is 55.7 Å². The first-order valence-electron chi connectivity index (χ1n) is 12.4. The molecule has 0 radical (unpaired) electrons. The van der Waals surface area contributed by atoms with E-state index in [0.29, 0.717) is 40.9 Å². The lowest BCUT2D eigenvalue weighted by Gasteiger charge is -2.22. The van der Waals surface area contributed by atoms with Gasteiger partial charge in [-0.25, -0.2) is 4.98 Å². The van der Waals surface area contributed by atoms with Crippen molar-refractivity contribution in [1.29, 1.82) is 0 Å². The number of fused-ring (bicyclic) bond motifs is 2. The van der Waals surface area contributed by atoms with Crippen molar-refractivity contribution in [3.63, 3.8) is 0 Å². The highest BCUT2D eigenvalue weighted by molar-refractivity contribution is 5.95. The maximum atomic E-state index is 13.2. The number of rotatable bonds is 8. The molecule has 1 aliphatic rings. The zero-order valence-electron chi connectivity index (χ0n) is 21.2. The highest BCUT2D eigenvalue weighted by Crippen LogP contribution is 2.34. The molecule has 2 amide bonds. The summed E-state index contributed by atoms with van der Waals surface area (Å²) in [4.78, 5) is 31.2. The first-order chi connectivity index (χ1) is 17.9. The van der Waals surface area contributed by atoms with Gasteiger partial charge in [0.05, 0.1) is 17.1 Å². The van der Waals surface area contributed by atoms with E-state index in [0.717, 1.165) is 16.6 Å². The summed E-state index contributed by atoms with van der Waals surface area (Å²) in [5.74, 6) is 1.81. The Morgan fingerprint density at radius 1 is 1.00 bits per heavy atom. The molecule has 0 spiro atoms. The van der Waals surface area contributed by atoms with Crippen LogP contribution in [0.4, 0.5) is 5.69 Å². The van der Waals surface area contributed by atoms with E-state index in [2.05, 4.69) is 24.5 Å². The van der Waals surface area contributed by atoms with Crippen LogP contribution in [0, 0.1) is 12.8 Å². The Hall–Kier alpha value is -4.33. The fourth-order valence-corrected chi connectivity index (χ4v) is 4.49. The summed E-state index contributed by atoms with van der Waals surface area (Å²) < 4.78 is 12.7. The van der Waals surface area contributed by atoms with Crippen LogP contribution in [0.1, 0.15) is 48.1 Å². The number of anilines is 1. The minimum atomic E-state index is -0.375. The average Bonchev–Trinajstić information content (AvgIpc) is 3.48. The van der Waals surface area contributed by atoms with Crippen molar-refractivity contribution < 1.29 is 19.1 Å². The molecule has 2 N–H and O–H groups in total. The van der Waals surface area contributed by atoms with Crippen LogP contribution in [0.3, 0.4) is 0 Å². The smallest absolute Gasteiger partial charge is 0.251 e. The van der Waals surface area contributed by atoms with Crippen LogP contribution in [0.15, 0.2) is 66.7 Å². The molecule has 1 unspecified atom stereocenters. The third kappa shape index (κ3) is 5.43. The number of nitrogens with zero attached hydrogens (tertiary/aromatic N) is 2. The van der Waals surface area contributed by atoms with Crippen molar-refractivity contribution in [2.75, 3.05) is 12.1 Å². The molecule has 5 rings (SSSR count). The van der Waals surface area contributed by atoms with Crippen LogP contribution < -0.4 is 20.1 Å². The SMILES string of the molecule is Cc1ccc(C(=O)NC(CC(C)C)c2nc3ccccc3n2CC(=O)Nc2ccc3c(c2)OCO3)cc1. The second kappa shape index (κ2) is 10.3. The Balaban J connectivity index is 1.44. The molecule has 37 heavy (non-hydrogen) atoms. The van der Waals surface area contributed by atoms with E-state index < -0.39 is 0 Å². The largest absolute Gasteiger partial charge is 0.454 e. The van der Waals surface area contributed by atoms with E-state index in [4.69, 9.17) is 14.5 Å². The van der Waals surface area contributed by atoms with Gasteiger partial charge >= 0.3 is 0 Å². The van der Waals surface area contributed by atoms with E-state index in [1.54, 1.807) is 18.2 Å². The number of carbonyl (C=O) groups excluding carboxylic acids is 2. The third-order valence-corrected chi connectivity index (χ3v) is 6.28. The number of amides is 2. The maximum Gasteiger partial charge on any atom is 0.251 e. The van der Waals surface area contributed by atoms with Gasteiger partial charge in [-0.1, -0.05) is 43.7 Å². The fourth-order valence-electron chi connectivity index (χ4n) is 4.49. The second-order valence-electron chi connectivity index (χ2n) is 9.68. The molecule has 3 aromatic carbocycles. The Bertz CT molecular complexity index is 1440. The van der Waals surface area contributed by atoms with Gasteiger partial charge in [0.1, 0.15) is 12.4 Å². The molecule has 1 atom stereocenters. The lowest BCUT2D eigenvalue weighted by atomic mass is 10.0. The molecule has 4 aromatic rings. The molecule has 0 bridgehead atoms. The van der Waals surface area contributed by atoms with E-state index in [1.807, 2.05) is 60.0 Å². The summed E-state index contributed by atoms with van der Waals surface area (Å²) in [7, 11) is 0. The van der Waals surface area contributed by atoms with E-state index in [1.165, 1.54) is 0 Å². The highest BCUT2D eigenvalue weighted by Gasteiger charge is 2.25. The Kier molecular flexibility index (Phi) is 6.81. The van der Waals surface area contributed by atoms with Gasteiger partial charge in [0.25, 0.3) is 5.91 Å². The summed E-state index contributed by atoms with van der Waals surface area (Å²) in [5.41, 5.74) is 3.89. The first kappa shape index (κ1) is 24.4. The molecule has 190 valence electrons. The number of para-hydroxylation sites is 2. The van der Waals surface area contributed by atoms with Gasteiger partial charge < -0.3 is 24.7 Å². The Labute approximate surface area is 215 Å². The highest BCUT2D eigenvalue weighted by atomic mass is 16.7. The monoisotopic (exact) mass is 498 g/mol. The summed E-state index contributed by atoms with van der Waals surface area (Å²) >= 11 is 0. The van der Waals surface area contributed by atoms with Crippen molar-refractivity contribution >= 4 is 28.5 Å². The minimum absolute atomic E-state index is 0.0410. The molecule has 1 aliphatic heterocycles. The van der Waals surface area contributed by atoms with E-state index >= 15 is 0 Å². The molecule has 8 nitrogen and oxygen atoms in total. The maximum absolute atomic E-state index is 13.2. The Morgan fingerprint density at radius 2 is 1.76 bits per heavy atom. The topological polar surface area (TPSA) is 94.5 Å². The van der Waals surface area contributed by atoms with Gasteiger partial charge in [0.15, 0.2) is 11.5 Å². The number of benzene rings is 3. The number of hydrogen-bond donors (Lipinski definition) is 2. The van der Waals surface area contributed by atoms with E-state index in [9.17, 15) is 9.59 Å². The standard InChI is InChI=1S/C29H30N4O4/c1-18(2)14-23(32-29(35)20-10-8-19(3)9-11-20)28-31-22-6-4-5-7-24(22)33(28)16-27(34)30-21-12-13-25-26(15-21)37-17-36-25/h4-13,15,18,23H,14,16-17H2,1-3H3,(H,30,34)(H,32,35). The number of imidazole rings is 1. The summed E-state index contributed by atoms with van der Waals surface area (Å²) in [5, 5.41) is 6.11. The number of aromatic nitrogens is 2. The number of nitrogens with one attached hydrogen (secondary N) is 2. The molecular weight excluding hydrogens is 468 g/mol. The van der Waals surface area contributed by atoms with Gasteiger partial charge in [0.2, 0.25) is 12.7 Å². The third-order valence-electron chi connectivity index (χ3n) is 6.28. The zero-order chi connectivity index (χ0) is 25.9. The molecule has 0 saturated heterocycles. The zero-order valence-corrected chi connectivity index (χ0v) is 21.2. The molecule has 0 saturated carbocycles. The van der Waals surface area contributed by atoms with Crippen LogP contribution in [0.2, 0.25) is 0 Å². The van der Waals surface area contributed by atoms with Crippen LogP contribution in [0.5, 0.6) is 11.5 Å². The fraction of sp³-hybridized carbons (Fsp3) is 0.276. The molecule has 1 aromatic heterocycles. The van der Waals surface area contributed by atoms with Gasteiger partial charge in [-0.15, -0.1) is 0 Å². The quantitative estimate of drug-likeness (QED) is 0.347. The molecule has 0 aliphatic carbocycles. The van der Waals surface area contributed by atoms with Crippen LogP contribution in [0.25, 0.3) is 11.0 Å². The lowest BCUT2D eigenvalue weighted by molar-refractivity contribution is -0.116. The van der Waals surface area contributed by atoms with Crippen molar-refractivity contribution in [1.82, 2.24) is 14.9 Å². The first-order valence-corrected chi connectivity index (χ1v) is 12.4. The van der Waals surface area contributed by atoms with E-state index in [-0.39, 0.29) is 31.2 Å². The van der Waals surface area contributed by atoms with Crippen molar-refractivity contribution in [3.05, 3.63) is 83.7 Å². The van der Waals surface area contributed by atoms with Crippen molar-refractivity contribution in [3.8, 4) is 11.5 Å². The van der Waals surface area contributed by atoms with Gasteiger partial charge in [-0.3, -0.25) is 9.59 Å². The van der Waals surface area contributed by atoms with Crippen molar-refractivity contribution in [2.24, 2.45) is 5.92 Å². The normalized spacial score (nSPS) is 13.1.